The average molecular weight is 508 g/mol. The predicted octanol–water partition coefficient (Wildman–Crippen LogP) is 2.03. The Morgan fingerprint density at radius 1 is 1.00 bits per heavy atom. The predicted molar refractivity (Wildman–Crippen MR) is 133 cm³/mol. The second-order valence-electron chi connectivity index (χ2n) is 7.75. The molecule has 0 radical (unpaired) electrons. The Morgan fingerprint density at radius 3 is 2.26 bits per heavy atom. The summed E-state index contributed by atoms with van der Waals surface area (Å²) in [6.45, 7) is 3.34. The molecule has 0 aliphatic rings. The monoisotopic (exact) mass is 507 g/mol. The van der Waals surface area contributed by atoms with E-state index in [1.165, 1.54) is 38.4 Å². The van der Waals surface area contributed by atoms with Crippen molar-refractivity contribution in [3.63, 3.8) is 0 Å². The summed E-state index contributed by atoms with van der Waals surface area (Å²) in [5, 5.41) is 2.71. The van der Waals surface area contributed by atoms with Crippen LogP contribution in [0.5, 0.6) is 17.2 Å². The van der Waals surface area contributed by atoms with E-state index in [2.05, 4.69) is 5.32 Å². The third kappa shape index (κ3) is 7.25. The van der Waals surface area contributed by atoms with Crippen molar-refractivity contribution < 1.29 is 32.2 Å². The molecule has 11 heteroatoms. The highest BCUT2D eigenvalue weighted by Crippen LogP contribution is 2.32. The minimum absolute atomic E-state index is 0.0812. The van der Waals surface area contributed by atoms with Crippen molar-refractivity contribution in [2.75, 3.05) is 45.0 Å². The lowest BCUT2D eigenvalue weighted by atomic mass is 10.1. The topological polar surface area (TPSA) is 114 Å². The number of methoxy groups -OCH3 is 3. The van der Waals surface area contributed by atoms with Crippen LogP contribution in [0.15, 0.2) is 42.5 Å². The first-order valence-electron chi connectivity index (χ1n) is 11.0. The van der Waals surface area contributed by atoms with Crippen molar-refractivity contribution in [1.29, 1.82) is 0 Å². The molecule has 0 unspecified atom stereocenters. The normalized spacial score (nSPS) is 11.8. The highest BCUT2D eigenvalue weighted by molar-refractivity contribution is 7.92. The summed E-state index contributed by atoms with van der Waals surface area (Å²) in [6.07, 6.45) is 1.01. The van der Waals surface area contributed by atoms with Gasteiger partial charge in [0.05, 0.1) is 33.3 Å². The lowest BCUT2D eigenvalue weighted by Gasteiger charge is -2.31. The quantitative estimate of drug-likeness (QED) is 0.468. The summed E-state index contributed by atoms with van der Waals surface area (Å²) in [4.78, 5) is 27.5. The van der Waals surface area contributed by atoms with E-state index in [1.807, 2.05) is 0 Å². The summed E-state index contributed by atoms with van der Waals surface area (Å²) in [5.74, 6) is 0.437. The van der Waals surface area contributed by atoms with Crippen molar-refractivity contribution in [2.45, 2.75) is 26.4 Å². The van der Waals surface area contributed by atoms with Gasteiger partial charge in [-0.05, 0) is 43.7 Å². The van der Waals surface area contributed by atoms with Crippen LogP contribution in [-0.2, 0) is 26.2 Å². The minimum atomic E-state index is -3.86. The molecule has 0 saturated heterocycles. The highest BCUT2D eigenvalue weighted by atomic mass is 32.2. The molecule has 35 heavy (non-hydrogen) atoms. The summed E-state index contributed by atoms with van der Waals surface area (Å²) in [6, 6.07) is 10.8. The third-order valence-corrected chi connectivity index (χ3v) is 6.48. The Balaban J connectivity index is 2.44. The molecule has 0 aliphatic carbocycles. The summed E-state index contributed by atoms with van der Waals surface area (Å²) in [5.41, 5.74) is 0.955. The fraction of sp³-hybridized carbons (Fsp3) is 0.417. The third-order valence-electron chi connectivity index (χ3n) is 5.34. The largest absolute Gasteiger partial charge is 0.497 e. The summed E-state index contributed by atoms with van der Waals surface area (Å²) < 4.78 is 42.1. The van der Waals surface area contributed by atoms with Crippen LogP contribution in [-0.4, -0.2) is 71.8 Å². The Kier molecular flexibility index (Phi) is 9.76. The van der Waals surface area contributed by atoms with Crippen molar-refractivity contribution >= 4 is 27.5 Å². The van der Waals surface area contributed by atoms with Crippen LogP contribution >= 0.6 is 0 Å². The zero-order valence-electron chi connectivity index (χ0n) is 20.9. The van der Waals surface area contributed by atoms with Crippen LogP contribution in [0.2, 0.25) is 0 Å². The molecular formula is C24H33N3O7S. The van der Waals surface area contributed by atoms with Gasteiger partial charge in [-0.3, -0.25) is 13.9 Å². The number of hydrogen-bond donors (Lipinski definition) is 1. The zero-order valence-corrected chi connectivity index (χ0v) is 21.7. The summed E-state index contributed by atoms with van der Waals surface area (Å²) >= 11 is 0. The van der Waals surface area contributed by atoms with Gasteiger partial charge >= 0.3 is 0 Å². The molecule has 2 rings (SSSR count). The van der Waals surface area contributed by atoms with Crippen LogP contribution in [0, 0.1) is 0 Å². The molecular weight excluding hydrogens is 474 g/mol. The molecule has 0 bridgehead atoms. The van der Waals surface area contributed by atoms with E-state index in [9.17, 15) is 18.0 Å². The number of hydrogen-bond acceptors (Lipinski definition) is 7. The van der Waals surface area contributed by atoms with Crippen LogP contribution in [0.3, 0.4) is 0 Å². The molecule has 1 N–H and O–H groups in total. The van der Waals surface area contributed by atoms with Crippen LogP contribution in [0.25, 0.3) is 0 Å². The molecule has 0 saturated carbocycles. The minimum Gasteiger partial charge on any atom is -0.497 e. The van der Waals surface area contributed by atoms with Crippen molar-refractivity contribution in [3.05, 3.63) is 48.0 Å². The van der Waals surface area contributed by atoms with E-state index in [1.54, 1.807) is 44.2 Å². The van der Waals surface area contributed by atoms with Gasteiger partial charge in [-0.1, -0.05) is 12.1 Å². The van der Waals surface area contributed by atoms with Gasteiger partial charge in [0.15, 0.2) is 11.5 Å². The number of rotatable bonds is 12. The molecule has 0 aliphatic heterocycles. The van der Waals surface area contributed by atoms with Gasteiger partial charge in [-0.25, -0.2) is 8.42 Å². The van der Waals surface area contributed by atoms with E-state index in [0.717, 1.165) is 16.1 Å². The maximum Gasteiger partial charge on any atom is 0.244 e. The van der Waals surface area contributed by atoms with E-state index in [4.69, 9.17) is 14.2 Å². The Bertz CT molecular complexity index is 1140. The van der Waals surface area contributed by atoms with Crippen molar-refractivity contribution in [3.8, 4) is 17.2 Å². The average Bonchev–Trinajstić information content (AvgIpc) is 2.84. The molecule has 0 heterocycles. The Labute approximate surface area is 206 Å². The molecule has 192 valence electrons. The number of nitrogens with zero attached hydrogens (tertiary/aromatic N) is 2. The molecule has 0 spiro atoms. The molecule has 2 aromatic carbocycles. The second kappa shape index (κ2) is 12.3. The lowest BCUT2D eigenvalue weighted by molar-refractivity contribution is -0.139. The number of nitrogens with one attached hydrogen (secondary N) is 1. The highest BCUT2D eigenvalue weighted by Gasteiger charge is 2.30. The second-order valence-corrected chi connectivity index (χ2v) is 9.66. The standard InChI is InChI=1S/C24H33N3O7S/c1-7-25-24(29)17(2)26(15-18-9-8-10-20(13-18)32-3)23(28)16-27(35(6,30)31)19-11-12-21(33-4)22(14-19)34-5/h8-14,17H,7,15-16H2,1-6H3,(H,25,29)/t17-/m1/s1. The number of carbonyl (C=O) groups is 2. The first-order valence-corrected chi connectivity index (χ1v) is 12.8. The number of likely N-dealkylation sites (N-methyl/N-ethyl adjacent to an activating group) is 1. The van der Waals surface area contributed by atoms with E-state index in [0.29, 0.717) is 23.8 Å². The molecule has 2 aromatic rings. The number of amides is 2. The number of anilines is 1. The van der Waals surface area contributed by atoms with E-state index >= 15 is 0 Å². The van der Waals surface area contributed by atoms with Gasteiger partial charge in [0.2, 0.25) is 21.8 Å². The first kappa shape index (κ1) is 27.8. The molecule has 0 fully saturated rings. The maximum absolute atomic E-state index is 13.5. The molecule has 2 amide bonds. The molecule has 10 nitrogen and oxygen atoms in total. The SMILES string of the molecule is CCNC(=O)[C@@H](C)N(Cc1cccc(OC)c1)C(=O)CN(c1ccc(OC)c(OC)c1)S(C)(=O)=O. The van der Waals surface area contributed by atoms with Gasteiger partial charge in [0, 0.05) is 19.2 Å². The van der Waals surface area contributed by atoms with Crippen LogP contribution < -0.4 is 23.8 Å². The number of benzene rings is 2. The van der Waals surface area contributed by atoms with E-state index in [-0.39, 0.29) is 18.1 Å². The van der Waals surface area contributed by atoms with E-state index < -0.39 is 28.5 Å². The smallest absolute Gasteiger partial charge is 0.244 e. The Morgan fingerprint density at radius 2 is 1.69 bits per heavy atom. The van der Waals surface area contributed by atoms with Crippen LogP contribution in [0.4, 0.5) is 5.69 Å². The fourth-order valence-corrected chi connectivity index (χ4v) is 4.31. The first-order chi connectivity index (χ1) is 16.5. The van der Waals surface area contributed by atoms with Gasteiger partial charge < -0.3 is 24.4 Å². The van der Waals surface area contributed by atoms with Crippen LogP contribution in [0.1, 0.15) is 19.4 Å². The van der Waals surface area contributed by atoms with Gasteiger partial charge in [-0.15, -0.1) is 0 Å². The Hall–Kier alpha value is -3.47. The maximum atomic E-state index is 13.5. The van der Waals surface area contributed by atoms with Crippen molar-refractivity contribution in [1.82, 2.24) is 10.2 Å². The van der Waals surface area contributed by atoms with Crippen molar-refractivity contribution in [2.24, 2.45) is 0 Å². The molecule has 1 atom stereocenters. The van der Waals surface area contributed by atoms with Gasteiger partial charge in [0.25, 0.3) is 0 Å². The number of carbonyl (C=O) groups excluding carboxylic acids is 2. The fourth-order valence-electron chi connectivity index (χ4n) is 3.47. The van der Waals surface area contributed by atoms with Gasteiger partial charge in [-0.2, -0.15) is 0 Å². The van der Waals surface area contributed by atoms with Gasteiger partial charge in [0.1, 0.15) is 18.3 Å². The number of ether oxygens (including phenoxy) is 3. The number of sulfonamides is 1. The lowest BCUT2D eigenvalue weighted by Crippen LogP contribution is -2.51. The summed E-state index contributed by atoms with van der Waals surface area (Å²) in [7, 11) is 0.571. The molecule has 0 aromatic heterocycles. The zero-order chi connectivity index (χ0) is 26.2.